The summed E-state index contributed by atoms with van der Waals surface area (Å²) in [5.74, 6) is 2.82. The highest BCUT2D eigenvalue weighted by Gasteiger charge is 2.07. The summed E-state index contributed by atoms with van der Waals surface area (Å²) in [6.07, 6.45) is 8.08. The van der Waals surface area contributed by atoms with Gasteiger partial charge in [0.2, 0.25) is 0 Å². The first-order chi connectivity index (χ1) is 10.1. The third-order valence-electron chi connectivity index (χ3n) is 3.39. The maximum Gasteiger partial charge on any atom is 0.281 e. The Morgan fingerprint density at radius 3 is 2.52 bits per heavy atom. The smallest absolute Gasteiger partial charge is 0.281 e. The molecule has 1 aromatic carbocycles. The number of nitrogens with zero attached hydrogens (tertiary/aromatic N) is 2. The molecule has 0 bridgehead atoms. The number of furan rings is 1. The summed E-state index contributed by atoms with van der Waals surface area (Å²) in [6, 6.07) is 12.1. The summed E-state index contributed by atoms with van der Waals surface area (Å²) >= 11 is 3.44. The third-order valence-corrected chi connectivity index (χ3v) is 3.92. The molecule has 0 aliphatic heterocycles. The monoisotopic (exact) mass is 343 g/mol. The molecule has 4 heteroatoms. The van der Waals surface area contributed by atoms with Gasteiger partial charge < -0.3 is 4.42 Å². The fraction of sp³-hybridized carbons (Fsp3) is 0.118. The Hall–Kier alpha value is -2.07. The van der Waals surface area contributed by atoms with E-state index >= 15 is 0 Å². The van der Waals surface area contributed by atoms with Crippen LogP contribution >= 0.6 is 15.9 Å². The normalized spacial score (nSPS) is 11.4. The van der Waals surface area contributed by atoms with Crippen LogP contribution in [0, 0.1) is 0 Å². The molecule has 0 aliphatic carbocycles. The topological polar surface area (TPSA) is 21.9 Å². The molecule has 0 atom stereocenters. The second-order valence-corrected chi connectivity index (χ2v) is 5.84. The van der Waals surface area contributed by atoms with Crippen LogP contribution < -0.4 is 4.57 Å². The Balaban J connectivity index is 1.84. The molecule has 3 aromatic rings. The minimum atomic E-state index is 0.842. The van der Waals surface area contributed by atoms with Gasteiger partial charge in [-0.2, -0.15) is 0 Å². The van der Waals surface area contributed by atoms with E-state index < -0.39 is 0 Å². The lowest BCUT2D eigenvalue weighted by Crippen LogP contribution is -2.29. The second kappa shape index (κ2) is 5.74. The lowest BCUT2D eigenvalue weighted by molar-refractivity contribution is -0.672. The lowest BCUT2D eigenvalue weighted by Gasteiger charge is -1.96. The number of aryl methyl sites for hydroxylation is 2. The Labute approximate surface area is 132 Å². The van der Waals surface area contributed by atoms with Gasteiger partial charge in [-0.1, -0.05) is 28.1 Å². The molecule has 0 aliphatic rings. The van der Waals surface area contributed by atoms with Crippen molar-refractivity contribution in [2.24, 2.45) is 14.1 Å². The van der Waals surface area contributed by atoms with E-state index in [4.69, 9.17) is 4.42 Å². The van der Waals surface area contributed by atoms with E-state index in [-0.39, 0.29) is 0 Å². The molecule has 0 saturated heterocycles. The summed E-state index contributed by atoms with van der Waals surface area (Å²) in [4.78, 5) is 0. The molecule has 0 radical (unpaired) electrons. The molecule has 2 heterocycles. The Morgan fingerprint density at radius 1 is 1.10 bits per heavy atom. The Bertz CT molecular complexity index is 762. The molecule has 2 aromatic heterocycles. The Morgan fingerprint density at radius 2 is 1.86 bits per heavy atom. The van der Waals surface area contributed by atoms with Crippen molar-refractivity contribution in [3.05, 3.63) is 64.8 Å². The quantitative estimate of drug-likeness (QED) is 0.657. The molecule has 3 nitrogen and oxygen atoms in total. The number of benzene rings is 1. The first-order valence-corrected chi connectivity index (χ1v) is 7.47. The number of hydrogen-bond acceptors (Lipinski definition) is 1. The zero-order valence-corrected chi connectivity index (χ0v) is 13.5. The van der Waals surface area contributed by atoms with Crippen molar-refractivity contribution in [3.63, 3.8) is 0 Å². The minimum Gasteiger partial charge on any atom is -0.457 e. The van der Waals surface area contributed by atoms with Crippen LogP contribution in [0.2, 0.25) is 0 Å². The molecule has 3 rings (SSSR count). The highest BCUT2D eigenvalue weighted by Crippen LogP contribution is 2.24. The Kier molecular flexibility index (Phi) is 3.80. The van der Waals surface area contributed by atoms with Gasteiger partial charge in [0.05, 0.1) is 14.1 Å². The van der Waals surface area contributed by atoms with Crippen molar-refractivity contribution < 1.29 is 8.98 Å². The average molecular weight is 344 g/mol. The highest BCUT2D eigenvalue weighted by molar-refractivity contribution is 9.10. The van der Waals surface area contributed by atoms with Crippen LogP contribution in [0.1, 0.15) is 11.6 Å². The van der Waals surface area contributed by atoms with Crippen LogP contribution in [0.15, 0.2) is 57.7 Å². The number of hydrogen-bond donors (Lipinski definition) is 0. The van der Waals surface area contributed by atoms with Crippen molar-refractivity contribution in [1.29, 1.82) is 0 Å². The fourth-order valence-corrected chi connectivity index (χ4v) is 2.47. The molecule has 0 saturated carbocycles. The molecule has 21 heavy (non-hydrogen) atoms. The van der Waals surface area contributed by atoms with Gasteiger partial charge >= 0.3 is 0 Å². The first kappa shape index (κ1) is 13.9. The van der Waals surface area contributed by atoms with Gasteiger partial charge in [0, 0.05) is 16.1 Å². The molecule has 0 fully saturated rings. The largest absolute Gasteiger partial charge is 0.457 e. The summed E-state index contributed by atoms with van der Waals surface area (Å²) in [6.45, 7) is 0. The van der Waals surface area contributed by atoms with E-state index in [2.05, 4.69) is 25.1 Å². The fourth-order valence-electron chi connectivity index (χ4n) is 2.21. The van der Waals surface area contributed by atoms with E-state index in [1.807, 2.05) is 75.0 Å². The van der Waals surface area contributed by atoms with Crippen molar-refractivity contribution in [1.82, 2.24) is 4.57 Å². The van der Waals surface area contributed by atoms with Crippen LogP contribution in [0.4, 0.5) is 0 Å². The zero-order valence-electron chi connectivity index (χ0n) is 12.0. The van der Waals surface area contributed by atoms with E-state index in [1.54, 1.807) is 0 Å². The minimum absolute atomic E-state index is 0.842. The van der Waals surface area contributed by atoms with Crippen LogP contribution in [0.5, 0.6) is 0 Å². The van der Waals surface area contributed by atoms with Crippen molar-refractivity contribution >= 4 is 28.1 Å². The van der Waals surface area contributed by atoms with Gasteiger partial charge in [0.25, 0.3) is 5.82 Å². The summed E-state index contributed by atoms with van der Waals surface area (Å²) < 4.78 is 11.1. The molecule has 0 spiro atoms. The first-order valence-electron chi connectivity index (χ1n) is 6.68. The standard InChI is InChI=1S/C17H16BrN2O/c1-19-11-12-20(2)17(19)10-8-15-7-9-16(21-15)13-3-5-14(18)6-4-13/h3-12H,1-2H3/q+1. The van der Waals surface area contributed by atoms with Crippen molar-refractivity contribution in [3.8, 4) is 11.3 Å². The van der Waals surface area contributed by atoms with Gasteiger partial charge in [0.15, 0.2) is 0 Å². The zero-order chi connectivity index (χ0) is 14.8. The van der Waals surface area contributed by atoms with Crippen LogP contribution in [-0.2, 0) is 14.1 Å². The van der Waals surface area contributed by atoms with E-state index in [0.717, 1.165) is 27.4 Å². The van der Waals surface area contributed by atoms with E-state index in [0.29, 0.717) is 0 Å². The maximum absolute atomic E-state index is 5.87. The van der Waals surface area contributed by atoms with Gasteiger partial charge in [-0.05, 0) is 30.3 Å². The molecular formula is C17H16BrN2O+. The van der Waals surface area contributed by atoms with E-state index in [1.165, 1.54) is 0 Å². The number of aromatic nitrogens is 2. The van der Waals surface area contributed by atoms with Gasteiger partial charge in [-0.3, -0.25) is 0 Å². The predicted molar refractivity (Wildman–Crippen MR) is 87.4 cm³/mol. The highest BCUT2D eigenvalue weighted by atomic mass is 79.9. The van der Waals surface area contributed by atoms with Crippen molar-refractivity contribution in [2.75, 3.05) is 0 Å². The number of imidazole rings is 1. The van der Waals surface area contributed by atoms with Crippen LogP contribution in [0.25, 0.3) is 23.5 Å². The van der Waals surface area contributed by atoms with Gasteiger partial charge in [-0.25, -0.2) is 9.13 Å². The van der Waals surface area contributed by atoms with E-state index in [9.17, 15) is 0 Å². The molecule has 0 amide bonds. The number of rotatable bonds is 3. The predicted octanol–water partition coefficient (Wildman–Crippen LogP) is 4.04. The summed E-state index contributed by atoms with van der Waals surface area (Å²) in [7, 11) is 4.05. The molecular weight excluding hydrogens is 328 g/mol. The van der Waals surface area contributed by atoms with Gasteiger partial charge in [-0.15, -0.1) is 0 Å². The second-order valence-electron chi connectivity index (χ2n) is 4.92. The SMILES string of the molecule is Cn1cc[n+](C)c1C=Cc1ccc(-c2ccc(Br)cc2)o1. The maximum atomic E-state index is 5.87. The lowest BCUT2D eigenvalue weighted by atomic mass is 10.2. The molecule has 106 valence electrons. The van der Waals surface area contributed by atoms with Gasteiger partial charge in [0.1, 0.15) is 23.9 Å². The molecule has 0 N–H and O–H groups in total. The van der Waals surface area contributed by atoms with Crippen LogP contribution in [0.3, 0.4) is 0 Å². The van der Waals surface area contributed by atoms with Crippen LogP contribution in [-0.4, -0.2) is 4.57 Å². The molecule has 0 unspecified atom stereocenters. The average Bonchev–Trinajstić information content (AvgIpc) is 3.06. The summed E-state index contributed by atoms with van der Waals surface area (Å²) in [5.41, 5.74) is 1.07. The third kappa shape index (κ3) is 3.00. The van der Waals surface area contributed by atoms with Crippen molar-refractivity contribution in [2.45, 2.75) is 0 Å². The summed E-state index contributed by atoms with van der Waals surface area (Å²) in [5, 5.41) is 0. The number of halogens is 1.